The number of ketones is 1. The molecule has 152 valence electrons. The van der Waals surface area contributed by atoms with E-state index in [4.69, 9.17) is 4.74 Å². The predicted molar refractivity (Wildman–Crippen MR) is 112 cm³/mol. The van der Waals surface area contributed by atoms with Gasteiger partial charge in [-0.05, 0) is 38.7 Å². The van der Waals surface area contributed by atoms with E-state index in [1.807, 2.05) is 50.2 Å². The van der Waals surface area contributed by atoms with Gasteiger partial charge in [-0.2, -0.15) is 0 Å². The van der Waals surface area contributed by atoms with E-state index in [2.05, 4.69) is 0 Å². The second kappa shape index (κ2) is 8.49. The van der Waals surface area contributed by atoms with Gasteiger partial charge in [-0.15, -0.1) is 0 Å². The summed E-state index contributed by atoms with van der Waals surface area (Å²) >= 11 is 0. The minimum absolute atomic E-state index is 0.103. The Morgan fingerprint density at radius 2 is 1.83 bits per heavy atom. The number of likely N-dealkylation sites (N-methyl/N-ethyl adjacent to an activating group) is 1. The van der Waals surface area contributed by atoms with Gasteiger partial charge in [-0.3, -0.25) is 9.59 Å². The molecular formula is C23H26N2O4. The number of benzene rings is 2. The second-order valence-corrected chi connectivity index (χ2v) is 7.44. The summed E-state index contributed by atoms with van der Waals surface area (Å²) < 4.78 is 5.22. The lowest BCUT2D eigenvalue weighted by Gasteiger charge is -2.26. The first-order chi connectivity index (χ1) is 13.8. The van der Waals surface area contributed by atoms with E-state index in [0.29, 0.717) is 24.4 Å². The van der Waals surface area contributed by atoms with Gasteiger partial charge in [0.15, 0.2) is 0 Å². The fourth-order valence-corrected chi connectivity index (χ4v) is 3.44. The quantitative estimate of drug-likeness (QED) is 0.463. The molecule has 1 fully saturated rings. The van der Waals surface area contributed by atoms with Crippen molar-refractivity contribution < 1.29 is 19.4 Å². The number of carbonyl (C=O) groups is 2. The maximum atomic E-state index is 12.9. The Kier molecular flexibility index (Phi) is 6.03. The minimum Gasteiger partial charge on any atom is -0.507 e. The molecule has 1 amide bonds. The van der Waals surface area contributed by atoms with Crippen molar-refractivity contribution in [1.82, 2.24) is 9.80 Å². The molecule has 29 heavy (non-hydrogen) atoms. The topological polar surface area (TPSA) is 70.1 Å². The van der Waals surface area contributed by atoms with Gasteiger partial charge in [0.1, 0.15) is 11.5 Å². The van der Waals surface area contributed by atoms with Crippen molar-refractivity contribution in [2.24, 2.45) is 0 Å². The lowest BCUT2D eigenvalue weighted by Crippen LogP contribution is -2.35. The molecule has 3 rings (SSSR count). The molecule has 1 heterocycles. The summed E-state index contributed by atoms with van der Waals surface area (Å²) in [5.74, 6) is -0.903. The molecular weight excluding hydrogens is 368 g/mol. The van der Waals surface area contributed by atoms with E-state index in [1.54, 1.807) is 29.2 Å². The van der Waals surface area contributed by atoms with Crippen LogP contribution in [0.15, 0.2) is 54.1 Å². The van der Waals surface area contributed by atoms with Crippen molar-refractivity contribution in [1.29, 1.82) is 0 Å². The predicted octanol–water partition coefficient (Wildman–Crippen LogP) is 2.99. The van der Waals surface area contributed by atoms with Crippen LogP contribution in [0.4, 0.5) is 0 Å². The lowest BCUT2D eigenvalue weighted by molar-refractivity contribution is -0.140. The summed E-state index contributed by atoms with van der Waals surface area (Å²) in [6.07, 6.45) is 0. The normalized spacial score (nSPS) is 18.5. The van der Waals surface area contributed by atoms with Crippen molar-refractivity contribution in [2.75, 3.05) is 34.3 Å². The molecule has 0 spiro atoms. The minimum atomic E-state index is -0.672. The molecule has 0 aromatic heterocycles. The summed E-state index contributed by atoms with van der Waals surface area (Å²) in [5.41, 5.74) is 2.41. The Morgan fingerprint density at radius 3 is 2.45 bits per heavy atom. The van der Waals surface area contributed by atoms with Crippen molar-refractivity contribution in [3.8, 4) is 5.75 Å². The molecule has 0 radical (unpaired) electrons. The molecule has 0 bridgehead atoms. The highest BCUT2D eigenvalue weighted by Gasteiger charge is 2.45. The maximum absolute atomic E-state index is 12.9. The number of rotatable bonds is 6. The highest BCUT2D eigenvalue weighted by molar-refractivity contribution is 6.46. The van der Waals surface area contributed by atoms with Crippen LogP contribution < -0.4 is 4.74 Å². The summed E-state index contributed by atoms with van der Waals surface area (Å²) in [6.45, 7) is 2.96. The molecule has 1 saturated heterocycles. The van der Waals surface area contributed by atoms with Gasteiger partial charge < -0.3 is 19.6 Å². The van der Waals surface area contributed by atoms with E-state index in [1.165, 1.54) is 7.11 Å². The number of methoxy groups -OCH3 is 1. The Hall–Kier alpha value is -3.12. The summed E-state index contributed by atoms with van der Waals surface area (Å²) in [4.78, 5) is 29.2. The van der Waals surface area contributed by atoms with Gasteiger partial charge in [-0.1, -0.05) is 42.0 Å². The van der Waals surface area contributed by atoms with Crippen LogP contribution in [-0.4, -0.2) is 60.9 Å². The third-order valence-electron chi connectivity index (χ3n) is 5.06. The number of Topliss-reactive ketones (excluding diaryl/α,β-unsaturated/α-hetero) is 1. The smallest absolute Gasteiger partial charge is 0.295 e. The number of hydrogen-bond acceptors (Lipinski definition) is 5. The fourth-order valence-electron chi connectivity index (χ4n) is 3.44. The van der Waals surface area contributed by atoms with Crippen LogP contribution in [0.2, 0.25) is 0 Å². The van der Waals surface area contributed by atoms with E-state index in [0.717, 1.165) is 11.1 Å². The van der Waals surface area contributed by atoms with Gasteiger partial charge in [0, 0.05) is 18.7 Å². The van der Waals surface area contributed by atoms with Crippen LogP contribution in [-0.2, 0) is 9.59 Å². The van der Waals surface area contributed by atoms with Crippen molar-refractivity contribution in [2.45, 2.75) is 13.0 Å². The van der Waals surface area contributed by atoms with E-state index in [9.17, 15) is 14.7 Å². The number of nitrogens with zero attached hydrogens (tertiary/aromatic N) is 2. The van der Waals surface area contributed by atoms with E-state index < -0.39 is 17.7 Å². The summed E-state index contributed by atoms with van der Waals surface area (Å²) in [7, 11) is 5.35. The Morgan fingerprint density at radius 1 is 1.14 bits per heavy atom. The highest BCUT2D eigenvalue weighted by Crippen LogP contribution is 2.39. The fraction of sp³-hybridized carbons (Fsp3) is 0.304. The molecule has 2 aromatic rings. The lowest BCUT2D eigenvalue weighted by atomic mass is 9.94. The first kappa shape index (κ1) is 20.6. The van der Waals surface area contributed by atoms with Gasteiger partial charge in [-0.25, -0.2) is 0 Å². The van der Waals surface area contributed by atoms with Crippen molar-refractivity contribution in [3.63, 3.8) is 0 Å². The van der Waals surface area contributed by atoms with Crippen molar-refractivity contribution >= 4 is 17.4 Å². The number of amides is 1. The molecule has 1 N–H and O–H groups in total. The number of hydrogen-bond donors (Lipinski definition) is 1. The van der Waals surface area contributed by atoms with Gasteiger partial charge in [0.2, 0.25) is 0 Å². The zero-order chi connectivity index (χ0) is 21.1. The number of aliphatic hydroxyl groups is 1. The molecule has 0 aliphatic carbocycles. The largest absolute Gasteiger partial charge is 0.507 e. The Balaban J connectivity index is 2.14. The maximum Gasteiger partial charge on any atom is 0.295 e. The molecule has 6 nitrogen and oxygen atoms in total. The van der Waals surface area contributed by atoms with Gasteiger partial charge in [0.25, 0.3) is 11.7 Å². The first-order valence-corrected chi connectivity index (χ1v) is 9.47. The Labute approximate surface area is 171 Å². The molecule has 1 aliphatic heterocycles. The Bertz CT molecular complexity index is 948. The zero-order valence-corrected chi connectivity index (χ0v) is 17.2. The molecule has 2 aromatic carbocycles. The zero-order valence-electron chi connectivity index (χ0n) is 17.2. The summed E-state index contributed by atoms with van der Waals surface area (Å²) in [6, 6.07) is 13.9. The van der Waals surface area contributed by atoms with Crippen LogP contribution >= 0.6 is 0 Å². The molecule has 6 heteroatoms. The number of carbonyl (C=O) groups excluding carboxylic acids is 2. The third kappa shape index (κ3) is 4.17. The van der Waals surface area contributed by atoms with Gasteiger partial charge in [0.05, 0.1) is 18.7 Å². The average Bonchev–Trinajstić information content (AvgIpc) is 2.97. The monoisotopic (exact) mass is 394 g/mol. The van der Waals surface area contributed by atoms with Crippen LogP contribution in [0.5, 0.6) is 5.75 Å². The molecule has 0 unspecified atom stereocenters. The average molecular weight is 394 g/mol. The van der Waals surface area contributed by atoms with Crippen LogP contribution in [0.1, 0.15) is 22.7 Å². The first-order valence-electron chi connectivity index (χ1n) is 9.47. The van der Waals surface area contributed by atoms with Crippen LogP contribution in [0, 0.1) is 6.92 Å². The number of likely N-dealkylation sites (tertiary alicyclic amines) is 1. The number of ether oxygens (including phenoxy) is 1. The molecule has 1 atom stereocenters. The SMILES string of the molecule is COc1cccc(C(O)=C2C(=O)C(=O)N(CCN(C)C)[C@H]2c2ccc(C)cc2)c1. The molecule has 1 aliphatic rings. The standard InChI is InChI=1S/C23H26N2O4/c1-15-8-10-16(11-9-15)20-19(21(26)17-6-5-7-18(14-17)29-4)22(27)23(28)25(20)13-12-24(2)3/h5-11,14,20,26H,12-13H2,1-4H3/t20-/m0/s1. The van der Waals surface area contributed by atoms with E-state index in [-0.39, 0.29) is 11.3 Å². The van der Waals surface area contributed by atoms with Gasteiger partial charge >= 0.3 is 0 Å². The second-order valence-electron chi connectivity index (χ2n) is 7.44. The van der Waals surface area contributed by atoms with Crippen molar-refractivity contribution in [3.05, 3.63) is 70.8 Å². The highest BCUT2D eigenvalue weighted by atomic mass is 16.5. The third-order valence-corrected chi connectivity index (χ3v) is 5.06. The van der Waals surface area contributed by atoms with Crippen LogP contribution in [0.3, 0.4) is 0 Å². The molecule has 0 saturated carbocycles. The number of aryl methyl sites for hydroxylation is 1. The number of aliphatic hydroxyl groups excluding tert-OH is 1. The van der Waals surface area contributed by atoms with E-state index >= 15 is 0 Å². The van der Waals surface area contributed by atoms with Crippen LogP contribution in [0.25, 0.3) is 5.76 Å². The summed E-state index contributed by atoms with van der Waals surface area (Å²) in [5, 5.41) is 11.0.